The van der Waals surface area contributed by atoms with Gasteiger partial charge in [0.2, 0.25) is 0 Å². The van der Waals surface area contributed by atoms with Crippen LogP contribution in [0.5, 0.6) is 5.75 Å². The van der Waals surface area contributed by atoms with E-state index in [1.54, 1.807) is 7.11 Å². The minimum atomic E-state index is 0.258. The number of aromatic nitrogens is 1. The number of nitrogens with zero attached hydrogens (tertiary/aromatic N) is 2. The second kappa shape index (κ2) is 7.75. The van der Waals surface area contributed by atoms with Gasteiger partial charge >= 0.3 is 0 Å². The van der Waals surface area contributed by atoms with Crippen molar-refractivity contribution in [2.24, 2.45) is 0 Å². The Kier molecular flexibility index (Phi) is 5.08. The maximum Gasteiger partial charge on any atom is 0.150 e. The van der Waals surface area contributed by atoms with Gasteiger partial charge in [-0.1, -0.05) is 41.0 Å². The third kappa shape index (κ3) is 3.23. The second-order valence-electron chi connectivity index (χ2n) is 8.62. The average molecular weight is 423 g/mol. The van der Waals surface area contributed by atoms with Crippen molar-refractivity contribution < 1.29 is 9.26 Å². The number of piperidine rings is 1. The normalized spacial score (nSPS) is 26.1. The van der Waals surface area contributed by atoms with E-state index in [2.05, 4.69) is 41.4 Å². The molecule has 5 heteroatoms. The first kappa shape index (κ1) is 19.7. The molecule has 3 heterocycles. The van der Waals surface area contributed by atoms with Crippen molar-refractivity contribution in [2.75, 3.05) is 14.2 Å². The van der Waals surface area contributed by atoms with Crippen LogP contribution in [0.3, 0.4) is 0 Å². The summed E-state index contributed by atoms with van der Waals surface area (Å²) < 4.78 is 11.4. The largest absolute Gasteiger partial charge is 0.497 e. The Labute approximate surface area is 182 Å². The van der Waals surface area contributed by atoms with Gasteiger partial charge in [-0.05, 0) is 74.5 Å². The number of likely N-dealkylation sites (N-methyl/N-ethyl adjacent to an activating group) is 1. The summed E-state index contributed by atoms with van der Waals surface area (Å²) in [4.78, 5) is 2.56. The molecule has 2 aromatic carbocycles. The fourth-order valence-electron chi connectivity index (χ4n) is 5.60. The Bertz CT molecular complexity index is 1030. The van der Waals surface area contributed by atoms with Crippen LogP contribution in [0.1, 0.15) is 48.1 Å². The van der Waals surface area contributed by atoms with Crippen LogP contribution in [-0.4, -0.2) is 36.3 Å². The summed E-state index contributed by atoms with van der Waals surface area (Å²) in [6.45, 7) is 2.04. The lowest BCUT2D eigenvalue weighted by atomic mass is 9.73. The fourth-order valence-corrected chi connectivity index (χ4v) is 5.73. The van der Waals surface area contributed by atoms with Gasteiger partial charge in [0.1, 0.15) is 11.5 Å². The Morgan fingerprint density at radius 2 is 1.80 bits per heavy atom. The van der Waals surface area contributed by atoms with Gasteiger partial charge in [-0.25, -0.2) is 0 Å². The number of fused-ring (bicyclic) bond motifs is 2. The molecule has 5 rings (SSSR count). The molecular formula is C25H27ClN2O2. The lowest BCUT2D eigenvalue weighted by Gasteiger charge is -2.42. The molecule has 2 fully saturated rings. The molecule has 4 nitrogen and oxygen atoms in total. The third-order valence-electron chi connectivity index (χ3n) is 7.14. The highest BCUT2D eigenvalue weighted by atomic mass is 35.5. The monoisotopic (exact) mass is 422 g/mol. The minimum Gasteiger partial charge on any atom is -0.497 e. The first-order chi connectivity index (χ1) is 14.6. The highest BCUT2D eigenvalue weighted by Crippen LogP contribution is 2.53. The lowest BCUT2D eigenvalue weighted by Crippen LogP contribution is -2.44. The number of rotatable bonds is 4. The van der Waals surface area contributed by atoms with Crippen LogP contribution >= 0.6 is 11.6 Å². The van der Waals surface area contributed by atoms with E-state index in [4.69, 9.17) is 20.9 Å². The Morgan fingerprint density at radius 1 is 1.07 bits per heavy atom. The number of ether oxygens (including phenoxy) is 1. The summed E-state index contributed by atoms with van der Waals surface area (Å²) in [6, 6.07) is 17.7. The van der Waals surface area contributed by atoms with Crippen molar-refractivity contribution in [3.05, 3.63) is 70.6 Å². The van der Waals surface area contributed by atoms with Crippen LogP contribution in [0, 0.1) is 6.92 Å². The molecule has 30 heavy (non-hydrogen) atoms. The maximum atomic E-state index is 6.18. The van der Waals surface area contributed by atoms with E-state index in [0.29, 0.717) is 18.0 Å². The van der Waals surface area contributed by atoms with E-state index >= 15 is 0 Å². The van der Waals surface area contributed by atoms with Gasteiger partial charge in [0.05, 0.1) is 12.8 Å². The molecule has 0 amide bonds. The van der Waals surface area contributed by atoms with Crippen molar-refractivity contribution in [1.29, 1.82) is 0 Å². The first-order valence-electron chi connectivity index (χ1n) is 10.6. The van der Waals surface area contributed by atoms with Gasteiger partial charge in [0.15, 0.2) is 0 Å². The van der Waals surface area contributed by atoms with Crippen molar-refractivity contribution in [3.8, 4) is 16.9 Å². The van der Waals surface area contributed by atoms with Gasteiger partial charge in [-0.3, -0.25) is 4.90 Å². The Balaban J connectivity index is 1.62. The van der Waals surface area contributed by atoms with Crippen molar-refractivity contribution in [1.82, 2.24) is 10.1 Å². The Morgan fingerprint density at radius 3 is 2.50 bits per heavy atom. The van der Waals surface area contributed by atoms with Crippen molar-refractivity contribution >= 4 is 11.6 Å². The summed E-state index contributed by atoms with van der Waals surface area (Å²) >= 11 is 6.18. The first-order valence-corrected chi connectivity index (χ1v) is 11.0. The van der Waals surface area contributed by atoms with Crippen LogP contribution in [-0.2, 0) is 0 Å². The predicted molar refractivity (Wildman–Crippen MR) is 119 cm³/mol. The van der Waals surface area contributed by atoms with Crippen LogP contribution in [0.25, 0.3) is 11.1 Å². The fraction of sp³-hybridized carbons (Fsp3) is 0.400. The number of halogens is 1. The zero-order valence-electron chi connectivity index (χ0n) is 17.6. The van der Waals surface area contributed by atoms with E-state index in [0.717, 1.165) is 39.8 Å². The number of hydrogen-bond donors (Lipinski definition) is 0. The molecule has 0 spiro atoms. The summed E-state index contributed by atoms with van der Waals surface area (Å²) in [5.74, 6) is 2.51. The zero-order valence-corrected chi connectivity index (χ0v) is 18.4. The van der Waals surface area contributed by atoms with Crippen LogP contribution in [0.15, 0.2) is 53.1 Å². The molecule has 2 saturated heterocycles. The minimum absolute atomic E-state index is 0.258. The Hall–Kier alpha value is -2.30. The molecule has 2 unspecified atom stereocenters. The predicted octanol–water partition coefficient (Wildman–Crippen LogP) is 6.05. The van der Waals surface area contributed by atoms with Gasteiger partial charge in [0.25, 0.3) is 0 Å². The summed E-state index contributed by atoms with van der Waals surface area (Å²) in [5.41, 5.74) is 4.53. The quantitative estimate of drug-likeness (QED) is 0.513. The number of methoxy groups -OCH3 is 1. The summed E-state index contributed by atoms with van der Waals surface area (Å²) in [6.07, 6.45) is 3.56. The van der Waals surface area contributed by atoms with E-state index < -0.39 is 0 Å². The van der Waals surface area contributed by atoms with E-state index in [1.165, 1.54) is 18.4 Å². The molecular weight excluding hydrogens is 396 g/mol. The van der Waals surface area contributed by atoms with E-state index in [-0.39, 0.29) is 5.92 Å². The van der Waals surface area contributed by atoms with E-state index in [9.17, 15) is 0 Å². The lowest BCUT2D eigenvalue weighted by molar-refractivity contribution is 0.122. The maximum absolute atomic E-state index is 6.18. The molecule has 2 aliphatic rings. The second-order valence-corrected chi connectivity index (χ2v) is 9.06. The molecule has 1 aromatic heterocycles. The molecule has 4 atom stereocenters. The molecule has 0 aliphatic carbocycles. The third-order valence-corrected chi connectivity index (χ3v) is 7.39. The van der Waals surface area contributed by atoms with Crippen LogP contribution in [0.4, 0.5) is 0 Å². The SMILES string of the molecule is COc1ccc(-c2c(C)noc2[C@@H]2C3CCC(C[C@@H]2c2ccc(Cl)cc2)N3C)cc1. The number of hydrogen-bond acceptors (Lipinski definition) is 4. The van der Waals surface area contributed by atoms with E-state index in [1.807, 2.05) is 31.2 Å². The zero-order chi connectivity index (χ0) is 20.8. The van der Waals surface area contributed by atoms with Crippen molar-refractivity contribution in [3.63, 3.8) is 0 Å². The molecule has 156 valence electrons. The van der Waals surface area contributed by atoms with Gasteiger partial charge in [0, 0.05) is 28.6 Å². The van der Waals surface area contributed by atoms with Crippen LogP contribution in [0.2, 0.25) is 5.02 Å². The van der Waals surface area contributed by atoms with Gasteiger partial charge in [-0.15, -0.1) is 0 Å². The highest BCUT2D eigenvalue weighted by molar-refractivity contribution is 6.30. The molecule has 0 saturated carbocycles. The molecule has 2 bridgehead atoms. The average Bonchev–Trinajstić information content (AvgIpc) is 3.24. The molecule has 0 N–H and O–H groups in total. The molecule has 0 radical (unpaired) electrons. The number of benzene rings is 2. The van der Waals surface area contributed by atoms with Crippen LogP contribution < -0.4 is 4.74 Å². The standard InChI is InChI=1S/C25H27ClN2O2/c1-15-23(17-6-11-20(29-3)12-7-17)25(30-27-15)24-21(16-4-8-18(26)9-5-16)14-19-10-13-22(24)28(19)2/h4-9,11-12,19,21-22,24H,10,13-14H2,1-3H3/t19?,21-,22?,24+/m1/s1. The highest BCUT2D eigenvalue weighted by Gasteiger charge is 2.49. The van der Waals surface area contributed by atoms with Gasteiger partial charge in [-0.2, -0.15) is 0 Å². The topological polar surface area (TPSA) is 38.5 Å². The smallest absolute Gasteiger partial charge is 0.150 e. The van der Waals surface area contributed by atoms with Gasteiger partial charge < -0.3 is 9.26 Å². The summed E-state index contributed by atoms with van der Waals surface area (Å²) in [5, 5.41) is 5.19. The molecule has 3 aromatic rings. The summed E-state index contributed by atoms with van der Waals surface area (Å²) in [7, 11) is 3.96. The molecule has 2 aliphatic heterocycles. The van der Waals surface area contributed by atoms with Crippen molar-refractivity contribution in [2.45, 2.75) is 50.1 Å². The number of aryl methyl sites for hydroxylation is 1.